The normalized spacial score (nSPS) is 16.2. The Labute approximate surface area is 170 Å². The van der Waals surface area contributed by atoms with E-state index in [1.165, 1.54) is 7.05 Å². The van der Waals surface area contributed by atoms with Crippen molar-refractivity contribution in [2.45, 2.75) is 29.4 Å². The van der Waals surface area contributed by atoms with Crippen LogP contribution in [0.25, 0.3) is 11.3 Å². The Hall–Kier alpha value is -2.74. The first kappa shape index (κ1) is 19.6. The summed E-state index contributed by atoms with van der Waals surface area (Å²) in [6.07, 6.45) is 1.11. The van der Waals surface area contributed by atoms with Crippen molar-refractivity contribution in [1.82, 2.24) is 9.71 Å². The van der Waals surface area contributed by atoms with Crippen LogP contribution in [0.1, 0.15) is 18.4 Å². The van der Waals surface area contributed by atoms with Gasteiger partial charge < -0.3 is 10.4 Å². The Balaban J connectivity index is 1.54. The largest absolute Gasteiger partial charge is 0.373 e. The number of sulfonamides is 1. The summed E-state index contributed by atoms with van der Waals surface area (Å²) in [5, 5.41) is 14.0. The molecule has 1 fully saturated rings. The molecule has 0 spiro atoms. The van der Waals surface area contributed by atoms with Crippen LogP contribution in [0.5, 0.6) is 0 Å². The highest BCUT2D eigenvalue weighted by Gasteiger charge is 2.50. The van der Waals surface area contributed by atoms with Crippen molar-refractivity contribution in [3.63, 3.8) is 0 Å². The van der Waals surface area contributed by atoms with Gasteiger partial charge in [0.15, 0.2) is 0 Å². The molecule has 150 valence electrons. The maximum Gasteiger partial charge on any atom is 0.240 e. The number of anilines is 1. The van der Waals surface area contributed by atoms with Gasteiger partial charge in [-0.3, -0.25) is 0 Å². The highest BCUT2D eigenvalue weighted by atomic mass is 32.2. The van der Waals surface area contributed by atoms with Crippen LogP contribution in [-0.2, 0) is 15.4 Å². The topological polar surface area (TPSA) is 91.3 Å². The van der Waals surface area contributed by atoms with E-state index in [1.54, 1.807) is 24.3 Å². The Morgan fingerprint density at radius 3 is 2.28 bits per heavy atom. The molecule has 3 aromatic rings. The van der Waals surface area contributed by atoms with Gasteiger partial charge in [-0.25, -0.2) is 18.1 Å². The predicted octanol–water partition coefficient (Wildman–Crippen LogP) is 3.12. The second-order valence-corrected chi connectivity index (χ2v) is 9.10. The van der Waals surface area contributed by atoms with Crippen molar-refractivity contribution < 1.29 is 13.5 Å². The number of aromatic nitrogens is 1. The quantitative estimate of drug-likeness (QED) is 0.522. The molecule has 4 rings (SSSR count). The lowest BCUT2D eigenvalue weighted by Crippen LogP contribution is -2.33. The van der Waals surface area contributed by atoms with E-state index >= 15 is 0 Å². The summed E-state index contributed by atoms with van der Waals surface area (Å²) in [6.45, 7) is 0. The summed E-state index contributed by atoms with van der Waals surface area (Å²) in [6, 6.07) is 22.1. The molecule has 1 saturated carbocycles. The lowest BCUT2D eigenvalue weighted by molar-refractivity contribution is 0.159. The summed E-state index contributed by atoms with van der Waals surface area (Å²) >= 11 is 0. The fourth-order valence-corrected chi connectivity index (χ4v) is 4.23. The molecule has 0 bridgehead atoms. The standard InChI is InChI=1S/C22H23N3O3S/c1-23-29(27,28)18-12-10-16(11-13-18)19-8-5-9-20(24-19)25-21(26)22(14-15-22)17-6-3-2-4-7-17/h2-13,21,23,26H,14-15H2,1H3,(H,24,25). The molecule has 6 nitrogen and oxygen atoms in total. The first-order valence-electron chi connectivity index (χ1n) is 9.46. The van der Waals surface area contributed by atoms with Crippen LogP contribution in [0.15, 0.2) is 77.7 Å². The summed E-state index contributed by atoms with van der Waals surface area (Å²) < 4.78 is 26.1. The van der Waals surface area contributed by atoms with Crippen LogP contribution in [-0.4, -0.2) is 31.8 Å². The van der Waals surface area contributed by atoms with Gasteiger partial charge in [-0.15, -0.1) is 0 Å². The Bertz CT molecular complexity index is 1100. The monoisotopic (exact) mass is 409 g/mol. The van der Waals surface area contributed by atoms with Crippen LogP contribution in [0.3, 0.4) is 0 Å². The third-order valence-electron chi connectivity index (χ3n) is 5.42. The number of aliphatic hydroxyl groups excluding tert-OH is 1. The number of aliphatic hydroxyl groups is 1. The summed E-state index contributed by atoms with van der Waals surface area (Å²) in [4.78, 5) is 4.79. The number of rotatable bonds is 7. The van der Waals surface area contributed by atoms with Crippen LogP contribution in [0.4, 0.5) is 5.82 Å². The van der Waals surface area contributed by atoms with E-state index in [2.05, 4.69) is 15.0 Å². The summed E-state index contributed by atoms with van der Waals surface area (Å²) in [5.41, 5.74) is 2.34. The molecule has 0 radical (unpaired) electrons. The zero-order valence-electron chi connectivity index (χ0n) is 16.0. The van der Waals surface area contributed by atoms with Crippen LogP contribution in [0, 0.1) is 0 Å². The van der Waals surface area contributed by atoms with E-state index in [0.717, 1.165) is 24.0 Å². The Morgan fingerprint density at radius 1 is 0.966 bits per heavy atom. The average molecular weight is 410 g/mol. The predicted molar refractivity (Wildman–Crippen MR) is 113 cm³/mol. The van der Waals surface area contributed by atoms with Crippen molar-refractivity contribution in [1.29, 1.82) is 0 Å². The second-order valence-electron chi connectivity index (χ2n) is 7.21. The zero-order valence-corrected chi connectivity index (χ0v) is 16.9. The zero-order chi connectivity index (χ0) is 20.5. The Kier molecular flexibility index (Phi) is 5.12. The fourth-order valence-electron chi connectivity index (χ4n) is 3.50. The van der Waals surface area contributed by atoms with Crippen molar-refractivity contribution in [2.75, 3.05) is 12.4 Å². The number of pyridine rings is 1. The molecule has 7 heteroatoms. The van der Waals surface area contributed by atoms with Crippen molar-refractivity contribution in [2.24, 2.45) is 0 Å². The molecular weight excluding hydrogens is 386 g/mol. The molecule has 29 heavy (non-hydrogen) atoms. The summed E-state index contributed by atoms with van der Waals surface area (Å²) in [7, 11) is -2.09. The molecule has 1 aromatic heterocycles. The van der Waals surface area contributed by atoms with E-state index in [-0.39, 0.29) is 10.3 Å². The van der Waals surface area contributed by atoms with Gasteiger partial charge in [0.1, 0.15) is 12.0 Å². The molecule has 1 unspecified atom stereocenters. The first-order valence-corrected chi connectivity index (χ1v) is 10.9. The van der Waals surface area contributed by atoms with Crippen LogP contribution >= 0.6 is 0 Å². The molecule has 2 aromatic carbocycles. The molecule has 0 amide bonds. The fraction of sp³-hybridized carbons (Fsp3) is 0.227. The van der Waals surface area contributed by atoms with E-state index in [1.807, 2.05) is 48.5 Å². The lowest BCUT2D eigenvalue weighted by atomic mass is 9.94. The molecule has 1 aliphatic carbocycles. The van der Waals surface area contributed by atoms with E-state index in [0.29, 0.717) is 11.5 Å². The number of nitrogens with one attached hydrogen (secondary N) is 2. The Morgan fingerprint density at radius 2 is 1.66 bits per heavy atom. The summed E-state index contributed by atoms with van der Waals surface area (Å²) in [5.74, 6) is 0.573. The van der Waals surface area contributed by atoms with Gasteiger partial charge in [-0.1, -0.05) is 48.5 Å². The molecule has 1 aliphatic rings. The van der Waals surface area contributed by atoms with E-state index in [9.17, 15) is 13.5 Å². The second kappa shape index (κ2) is 7.59. The maximum atomic E-state index is 11.9. The molecule has 1 heterocycles. The molecular formula is C22H23N3O3S. The minimum absolute atomic E-state index is 0.201. The molecule has 3 N–H and O–H groups in total. The molecule has 0 saturated heterocycles. The highest BCUT2D eigenvalue weighted by Crippen LogP contribution is 2.50. The van der Waals surface area contributed by atoms with Crippen LogP contribution in [0.2, 0.25) is 0 Å². The van der Waals surface area contributed by atoms with E-state index in [4.69, 9.17) is 0 Å². The van der Waals surface area contributed by atoms with Crippen molar-refractivity contribution in [3.8, 4) is 11.3 Å². The number of nitrogens with zero attached hydrogens (tertiary/aromatic N) is 1. The smallest absolute Gasteiger partial charge is 0.240 e. The lowest BCUT2D eigenvalue weighted by Gasteiger charge is -2.24. The van der Waals surface area contributed by atoms with Crippen molar-refractivity contribution in [3.05, 3.63) is 78.4 Å². The van der Waals surface area contributed by atoms with Gasteiger partial charge in [-0.2, -0.15) is 0 Å². The number of hydrogen-bond acceptors (Lipinski definition) is 5. The van der Waals surface area contributed by atoms with Gasteiger partial charge in [-0.05, 0) is 49.7 Å². The third-order valence-corrected chi connectivity index (χ3v) is 6.85. The first-order chi connectivity index (χ1) is 13.9. The van der Waals surface area contributed by atoms with Gasteiger partial charge >= 0.3 is 0 Å². The van der Waals surface area contributed by atoms with E-state index < -0.39 is 16.3 Å². The average Bonchev–Trinajstić information content (AvgIpc) is 3.57. The molecule has 0 aliphatic heterocycles. The van der Waals surface area contributed by atoms with Gasteiger partial charge in [0.2, 0.25) is 10.0 Å². The highest BCUT2D eigenvalue weighted by molar-refractivity contribution is 7.89. The third kappa shape index (κ3) is 3.89. The van der Waals surface area contributed by atoms with Gasteiger partial charge in [0.25, 0.3) is 0 Å². The number of benzene rings is 2. The van der Waals surface area contributed by atoms with Crippen molar-refractivity contribution >= 4 is 15.8 Å². The minimum Gasteiger partial charge on any atom is -0.373 e. The SMILES string of the molecule is CNS(=O)(=O)c1ccc(-c2cccc(NC(O)C3(c4ccccc4)CC3)n2)cc1. The maximum absolute atomic E-state index is 11.9. The minimum atomic E-state index is -3.47. The molecule has 1 atom stereocenters. The number of hydrogen-bond donors (Lipinski definition) is 3. The van der Waals surface area contributed by atoms with Gasteiger partial charge in [0, 0.05) is 11.0 Å². The van der Waals surface area contributed by atoms with Gasteiger partial charge in [0.05, 0.1) is 10.6 Å². The van der Waals surface area contributed by atoms with Crippen LogP contribution < -0.4 is 10.0 Å².